The number of nitrogens with one attached hydrogen (secondary N) is 2. The van der Waals surface area contributed by atoms with E-state index in [0.29, 0.717) is 29.6 Å². The van der Waals surface area contributed by atoms with Crippen molar-refractivity contribution in [3.05, 3.63) is 64.2 Å². The van der Waals surface area contributed by atoms with Gasteiger partial charge in [-0.15, -0.1) is 11.3 Å². The summed E-state index contributed by atoms with van der Waals surface area (Å²) in [4.78, 5) is 34.7. The number of nitrogens with zero attached hydrogens (tertiary/aromatic N) is 2. The van der Waals surface area contributed by atoms with Crippen LogP contribution < -0.4 is 11.1 Å². The molecule has 0 aliphatic carbocycles. The Morgan fingerprint density at radius 3 is 3.04 bits per heavy atom. The summed E-state index contributed by atoms with van der Waals surface area (Å²) in [5.41, 5.74) is 3.30. The molecule has 0 unspecified atom stereocenters. The minimum Gasteiger partial charge on any atom is -0.408 e. The smallest absolute Gasteiger partial charge is 0.408 e. The molecule has 0 saturated heterocycles. The van der Waals surface area contributed by atoms with E-state index in [0.717, 1.165) is 16.4 Å². The number of aromatic nitrogens is 3. The molecule has 0 radical (unpaired) electrons. The second kappa shape index (κ2) is 6.93. The molecule has 4 rings (SSSR count). The van der Waals surface area contributed by atoms with Gasteiger partial charge in [0.15, 0.2) is 5.58 Å². The summed E-state index contributed by atoms with van der Waals surface area (Å²) in [5.74, 6) is -0.640. The summed E-state index contributed by atoms with van der Waals surface area (Å²) < 4.78 is 4.94. The summed E-state index contributed by atoms with van der Waals surface area (Å²) in [6.45, 7) is 0. The van der Waals surface area contributed by atoms with Crippen molar-refractivity contribution in [1.82, 2.24) is 15.0 Å². The molecule has 4 aromatic rings. The number of rotatable bonds is 5. The second-order valence-electron chi connectivity index (χ2n) is 5.63. The number of benzene rings is 1. The van der Waals surface area contributed by atoms with Gasteiger partial charge in [-0.3, -0.25) is 14.8 Å². The van der Waals surface area contributed by atoms with E-state index in [2.05, 4.69) is 20.3 Å². The number of hydrogen-bond donors (Lipinski definition) is 2. The van der Waals surface area contributed by atoms with Gasteiger partial charge in [-0.05, 0) is 36.8 Å². The SMILES string of the molecule is O=C(CCc1csc(-c2ccccn2)n1)Nc1ccc2oc(=O)[nH]c2c1. The zero-order valence-electron chi connectivity index (χ0n) is 13.6. The number of H-pyrrole nitrogens is 1. The molecule has 0 fully saturated rings. The number of anilines is 1. The molecule has 2 N–H and O–H groups in total. The van der Waals surface area contributed by atoms with E-state index in [1.807, 2.05) is 23.6 Å². The molecule has 0 spiro atoms. The first-order valence-electron chi connectivity index (χ1n) is 7.96. The van der Waals surface area contributed by atoms with Gasteiger partial charge in [0.05, 0.1) is 16.9 Å². The maximum absolute atomic E-state index is 12.2. The standard InChI is InChI=1S/C18H14N4O3S/c23-16(20-11-4-6-15-14(9-11)22-18(24)25-15)7-5-12-10-26-17(21-12)13-3-1-2-8-19-13/h1-4,6,8-10H,5,7H2,(H,20,23)(H,22,24). The number of aryl methyl sites for hydroxylation is 1. The quantitative estimate of drug-likeness (QED) is 0.565. The van der Waals surface area contributed by atoms with Gasteiger partial charge in [0, 0.05) is 23.7 Å². The van der Waals surface area contributed by atoms with E-state index < -0.39 is 5.76 Å². The van der Waals surface area contributed by atoms with Gasteiger partial charge in [0.25, 0.3) is 0 Å². The highest BCUT2D eigenvalue weighted by atomic mass is 32.1. The molecule has 1 aromatic carbocycles. The van der Waals surface area contributed by atoms with E-state index in [1.165, 1.54) is 11.3 Å². The van der Waals surface area contributed by atoms with Crippen LogP contribution in [0.15, 0.2) is 57.2 Å². The van der Waals surface area contributed by atoms with Crippen LogP contribution >= 0.6 is 11.3 Å². The maximum Gasteiger partial charge on any atom is 0.417 e. The first kappa shape index (κ1) is 16.2. The molecule has 0 atom stereocenters. The largest absolute Gasteiger partial charge is 0.417 e. The predicted octanol–water partition coefficient (Wildman–Crippen LogP) is 3.21. The minimum absolute atomic E-state index is 0.123. The van der Waals surface area contributed by atoms with Crippen LogP contribution in [0.3, 0.4) is 0 Å². The molecule has 3 aromatic heterocycles. The van der Waals surface area contributed by atoms with Crippen molar-refractivity contribution in [2.45, 2.75) is 12.8 Å². The highest BCUT2D eigenvalue weighted by molar-refractivity contribution is 7.13. The third kappa shape index (κ3) is 3.55. The summed E-state index contributed by atoms with van der Waals surface area (Å²) in [5, 5.41) is 5.60. The summed E-state index contributed by atoms with van der Waals surface area (Å²) >= 11 is 1.51. The summed E-state index contributed by atoms with van der Waals surface area (Å²) in [6.07, 6.45) is 2.58. The van der Waals surface area contributed by atoms with E-state index in [-0.39, 0.29) is 5.91 Å². The molecule has 0 saturated carbocycles. The monoisotopic (exact) mass is 366 g/mol. The van der Waals surface area contributed by atoms with E-state index >= 15 is 0 Å². The van der Waals surface area contributed by atoms with Crippen molar-refractivity contribution in [1.29, 1.82) is 0 Å². The van der Waals surface area contributed by atoms with E-state index in [4.69, 9.17) is 4.42 Å². The zero-order valence-corrected chi connectivity index (χ0v) is 14.4. The van der Waals surface area contributed by atoms with E-state index in [9.17, 15) is 9.59 Å². The van der Waals surface area contributed by atoms with Crippen LogP contribution in [0.4, 0.5) is 5.69 Å². The van der Waals surface area contributed by atoms with Crippen LogP contribution in [0.5, 0.6) is 0 Å². The van der Waals surface area contributed by atoms with Crippen LogP contribution in [0.25, 0.3) is 21.8 Å². The predicted molar refractivity (Wildman–Crippen MR) is 99.1 cm³/mol. The number of amides is 1. The lowest BCUT2D eigenvalue weighted by Crippen LogP contribution is -2.12. The van der Waals surface area contributed by atoms with Crippen LogP contribution in [0.1, 0.15) is 12.1 Å². The molecule has 0 aliphatic heterocycles. The Kier molecular flexibility index (Phi) is 4.32. The van der Waals surface area contributed by atoms with E-state index in [1.54, 1.807) is 24.4 Å². The Morgan fingerprint density at radius 2 is 2.19 bits per heavy atom. The van der Waals surface area contributed by atoms with Gasteiger partial charge in [0.1, 0.15) is 5.01 Å². The van der Waals surface area contributed by atoms with Crippen LogP contribution in [-0.4, -0.2) is 20.9 Å². The first-order valence-corrected chi connectivity index (χ1v) is 8.84. The van der Waals surface area contributed by atoms with Crippen molar-refractivity contribution in [3.63, 3.8) is 0 Å². The Hall–Kier alpha value is -3.26. The Bertz CT molecular complexity index is 1110. The number of fused-ring (bicyclic) bond motifs is 1. The molecule has 1 amide bonds. The third-order valence-electron chi connectivity index (χ3n) is 3.75. The van der Waals surface area contributed by atoms with Gasteiger partial charge in [-0.1, -0.05) is 6.07 Å². The number of carbonyl (C=O) groups excluding carboxylic acids is 1. The first-order chi connectivity index (χ1) is 12.7. The fourth-order valence-corrected chi connectivity index (χ4v) is 3.35. The van der Waals surface area contributed by atoms with Crippen molar-refractivity contribution in [3.8, 4) is 10.7 Å². The Morgan fingerprint density at radius 1 is 1.27 bits per heavy atom. The number of hydrogen-bond acceptors (Lipinski definition) is 6. The average Bonchev–Trinajstić information content (AvgIpc) is 3.26. The molecule has 7 nitrogen and oxygen atoms in total. The lowest BCUT2D eigenvalue weighted by atomic mass is 10.2. The van der Waals surface area contributed by atoms with Crippen molar-refractivity contribution in [2.24, 2.45) is 0 Å². The number of aromatic amines is 1. The summed E-state index contributed by atoms with van der Waals surface area (Å²) in [7, 11) is 0. The summed E-state index contributed by atoms with van der Waals surface area (Å²) in [6, 6.07) is 10.7. The number of oxazole rings is 1. The molecular formula is C18H14N4O3S. The molecular weight excluding hydrogens is 352 g/mol. The fraction of sp³-hybridized carbons (Fsp3) is 0.111. The van der Waals surface area contributed by atoms with Gasteiger partial charge >= 0.3 is 5.76 Å². The van der Waals surface area contributed by atoms with Gasteiger partial charge in [-0.2, -0.15) is 0 Å². The Labute approximate surface area is 151 Å². The lowest BCUT2D eigenvalue weighted by molar-refractivity contribution is -0.116. The van der Waals surface area contributed by atoms with Crippen molar-refractivity contribution < 1.29 is 9.21 Å². The fourth-order valence-electron chi connectivity index (χ4n) is 2.52. The molecule has 26 heavy (non-hydrogen) atoms. The molecule has 8 heteroatoms. The number of carbonyl (C=O) groups is 1. The number of thiazole rings is 1. The van der Waals surface area contributed by atoms with Crippen molar-refractivity contribution in [2.75, 3.05) is 5.32 Å². The van der Waals surface area contributed by atoms with Gasteiger partial charge in [-0.25, -0.2) is 9.78 Å². The van der Waals surface area contributed by atoms with Crippen LogP contribution in [0, 0.1) is 0 Å². The van der Waals surface area contributed by atoms with Crippen LogP contribution in [0.2, 0.25) is 0 Å². The molecule has 130 valence electrons. The molecule has 0 aliphatic rings. The normalized spacial score (nSPS) is 10.9. The second-order valence-corrected chi connectivity index (χ2v) is 6.49. The van der Waals surface area contributed by atoms with Crippen molar-refractivity contribution >= 4 is 34.0 Å². The molecule has 3 heterocycles. The highest BCUT2D eigenvalue weighted by Crippen LogP contribution is 2.22. The van der Waals surface area contributed by atoms with Gasteiger partial charge < -0.3 is 9.73 Å². The van der Waals surface area contributed by atoms with Gasteiger partial charge in [0.2, 0.25) is 5.91 Å². The topological polar surface area (TPSA) is 101 Å². The number of pyridine rings is 1. The average molecular weight is 366 g/mol. The maximum atomic E-state index is 12.2. The highest BCUT2D eigenvalue weighted by Gasteiger charge is 2.09. The molecule has 0 bridgehead atoms. The minimum atomic E-state index is -0.518. The third-order valence-corrected chi connectivity index (χ3v) is 4.66. The zero-order chi connectivity index (χ0) is 17.9. The lowest BCUT2D eigenvalue weighted by Gasteiger charge is -2.04. The Balaban J connectivity index is 1.37. The van der Waals surface area contributed by atoms with Crippen LogP contribution in [-0.2, 0) is 11.2 Å².